The van der Waals surface area contributed by atoms with Crippen molar-refractivity contribution in [3.05, 3.63) is 25.3 Å². The summed E-state index contributed by atoms with van der Waals surface area (Å²) in [6.45, 7) is 10.3. The normalized spacial score (nSPS) is 25.1. The van der Waals surface area contributed by atoms with Crippen molar-refractivity contribution in [2.45, 2.75) is 32.2 Å². The molecule has 0 aliphatic carbocycles. The fourth-order valence-corrected chi connectivity index (χ4v) is 2.72. The predicted molar refractivity (Wildman–Crippen MR) is 63.8 cm³/mol. The van der Waals surface area contributed by atoms with E-state index in [1.54, 1.807) is 6.92 Å². The van der Waals surface area contributed by atoms with E-state index in [9.17, 15) is 4.79 Å². The van der Waals surface area contributed by atoms with E-state index < -0.39 is 0 Å². The number of carbonyl (C=O) groups excluding carboxylic acids is 1. The first-order valence-corrected chi connectivity index (χ1v) is 5.47. The third kappa shape index (κ3) is 2.57. The van der Waals surface area contributed by atoms with Crippen LogP contribution >= 0.6 is 0 Å². The molecule has 15 heavy (non-hydrogen) atoms. The Labute approximate surface area is 92.7 Å². The number of likely N-dealkylation sites (tertiary alicyclic amines) is 1. The Morgan fingerprint density at radius 2 is 2.00 bits per heavy atom. The van der Waals surface area contributed by atoms with Crippen LogP contribution in [0.4, 0.5) is 0 Å². The van der Waals surface area contributed by atoms with Crippen molar-refractivity contribution in [2.75, 3.05) is 13.6 Å². The molecule has 2 nitrogen and oxygen atoms in total. The second kappa shape index (κ2) is 4.75. The number of rotatable bonds is 5. The molecule has 0 bridgehead atoms. The fourth-order valence-electron chi connectivity index (χ4n) is 2.72. The van der Waals surface area contributed by atoms with Gasteiger partial charge in [-0.3, -0.25) is 9.69 Å². The molecule has 2 heteroatoms. The zero-order valence-electron chi connectivity index (χ0n) is 9.83. The molecular formula is C13H21NO. The Morgan fingerprint density at radius 1 is 1.47 bits per heavy atom. The Balaban J connectivity index is 2.81. The van der Waals surface area contributed by atoms with Gasteiger partial charge in [0.2, 0.25) is 0 Å². The van der Waals surface area contributed by atoms with Crippen molar-refractivity contribution in [1.82, 2.24) is 4.90 Å². The summed E-state index contributed by atoms with van der Waals surface area (Å²) in [6.07, 6.45) is 6.79. The monoisotopic (exact) mass is 207 g/mol. The van der Waals surface area contributed by atoms with E-state index >= 15 is 0 Å². The molecule has 0 aromatic rings. The first-order chi connectivity index (χ1) is 7.04. The van der Waals surface area contributed by atoms with Gasteiger partial charge < -0.3 is 0 Å². The lowest BCUT2D eigenvalue weighted by molar-refractivity contribution is -0.120. The number of carbonyl (C=O) groups is 1. The van der Waals surface area contributed by atoms with Crippen LogP contribution in [0, 0.1) is 5.41 Å². The Hall–Kier alpha value is -0.890. The summed E-state index contributed by atoms with van der Waals surface area (Å²) in [6, 6.07) is 0.0879. The van der Waals surface area contributed by atoms with Crippen molar-refractivity contribution in [3.8, 4) is 0 Å². The smallest absolute Gasteiger partial charge is 0.146 e. The lowest BCUT2D eigenvalue weighted by Gasteiger charge is -2.25. The van der Waals surface area contributed by atoms with Crippen LogP contribution in [0.2, 0.25) is 0 Å². The molecule has 0 spiro atoms. The zero-order chi connectivity index (χ0) is 11.5. The molecule has 0 saturated carbocycles. The van der Waals surface area contributed by atoms with E-state index in [1.165, 1.54) is 0 Å². The fraction of sp³-hybridized carbons (Fsp3) is 0.615. The quantitative estimate of drug-likeness (QED) is 0.645. The average molecular weight is 207 g/mol. The van der Waals surface area contributed by atoms with Crippen LogP contribution in [0.1, 0.15) is 26.2 Å². The van der Waals surface area contributed by atoms with Crippen LogP contribution in [0.3, 0.4) is 0 Å². The van der Waals surface area contributed by atoms with E-state index in [2.05, 4.69) is 18.1 Å². The number of likely N-dealkylation sites (N-methyl/N-ethyl adjacent to an activating group) is 1. The standard InChI is InChI=1S/C13H21NO/c1-5-7-13(8-6-2)9-12(11(3)15)14(4)10-13/h5-6,12H,1-2,7-10H2,3-4H3/t12-/m0/s1. The maximum Gasteiger partial charge on any atom is 0.146 e. The molecule has 1 atom stereocenters. The highest BCUT2D eigenvalue weighted by Crippen LogP contribution is 2.40. The van der Waals surface area contributed by atoms with Gasteiger partial charge in [-0.15, -0.1) is 13.2 Å². The first kappa shape index (κ1) is 12.2. The van der Waals surface area contributed by atoms with Gasteiger partial charge in [0.05, 0.1) is 6.04 Å². The number of nitrogens with zero attached hydrogens (tertiary/aromatic N) is 1. The Morgan fingerprint density at radius 3 is 2.33 bits per heavy atom. The SMILES string of the molecule is C=CCC1(CC=C)C[C@@H](C(C)=O)N(C)C1. The number of hydrogen-bond acceptors (Lipinski definition) is 2. The van der Waals surface area contributed by atoms with Gasteiger partial charge in [-0.05, 0) is 38.6 Å². The summed E-state index contributed by atoms with van der Waals surface area (Å²) in [4.78, 5) is 13.6. The topological polar surface area (TPSA) is 20.3 Å². The van der Waals surface area contributed by atoms with E-state index in [0.29, 0.717) is 0 Å². The first-order valence-electron chi connectivity index (χ1n) is 5.47. The summed E-state index contributed by atoms with van der Waals surface area (Å²) < 4.78 is 0. The highest BCUT2D eigenvalue weighted by Gasteiger charge is 2.42. The Kier molecular flexibility index (Phi) is 3.86. The minimum atomic E-state index is 0.0879. The molecule has 84 valence electrons. The minimum Gasteiger partial charge on any atom is -0.298 e. The molecule has 0 radical (unpaired) electrons. The molecule has 0 unspecified atom stereocenters. The maximum atomic E-state index is 11.5. The van der Waals surface area contributed by atoms with Crippen LogP contribution < -0.4 is 0 Å². The third-order valence-corrected chi connectivity index (χ3v) is 3.37. The van der Waals surface area contributed by atoms with Crippen molar-refractivity contribution in [3.63, 3.8) is 0 Å². The Bertz CT molecular complexity index is 260. The molecule has 0 amide bonds. The van der Waals surface area contributed by atoms with Crippen LogP contribution in [0.25, 0.3) is 0 Å². The highest BCUT2D eigenvalue weighted by molar-refractivity contribution is 5.81. The van der Waals surface area contributed by atoms with Crippen LogP contribution in [-0.4, -0.2) is 30.3 Å². The van der Waals surface area contributed by atoms with Gasteiger partial charge in [-0.1, -0.05) is 12.2 Å². The molecule has 1 rings (SSSR count). The minimum absolute atomic E-state index is 0.0879. The van der Waals surface area contributed by atoms with Crippen molar-refractivity contribution in [2.24, 2.45) is 5.41 Å². The number of allylic oxidation sites excluding steroid dienone is 2. The third-order valence-electron chi connectivity index (χ3n) is 3.37. The highest BCUT2D eigenvalue weighted by atomic mass is 16.1. The predicted octanol–water partition coefficient (Wildman–Crippen LogP) is 2.42. The second-order valence-electron chi connectivity index (χ2n) is 4.73. The maximum absolute atomic E-state index is 11.5. The summed E-state index contributed by atoms with van der Waals surface area (Å²) in [5, 5.41) is 0. The largest absolute Gasteiger partial charge is 0.298 e. The molecule has 0 aromatic heterocycles. The van der Waals surface area contributed by atoms with Crippen molar-refractivity contribution < 1.29 is 4.79 Å². The van der Waals surface area contributed by atoms with Crippen molar-refractivity contribution >= 4 is 5.78 Å². The molecule has 1 aliphatic heterocycles. The number of hydrogen-bond donors (Lipinski definition) is 0. The molecule has 0 N–H and O–H groups in total. The van der Waals surface area contributed by atoms with Gasteiger partial charge in [0.1, 0.15) is 5.78 Å². The van der Waals surface area contributed by atoms with Crippen LogP contribution in [0.15, 0.2) is 25.3 Å². The van der Waals surface area contributed by atoms with Gasteiger partial charge in [0.25, 0.3) is 0 Å². The van der Waals surface area contributed by atoms with Crippen LogP contribution in [-0.2, 0) is 4.79 Å². The van der Waals surface area contributed by atoms with Gasteiger partial charge in [0, 0.05) is 6.54 Å². The summed E-state index contributed by atoms with van der Waals surface area (Å²) >= 11 is 0. The number of ketones is 1. The molecule has 1 aliphatic rings. The lowest BCUT2D eigenvalue weighted by atomic mass is 9.79. The van der Waals surface area contributed by atoms with E-state index in [1.807, 2.05) is 19.2 Å². The zero-order valence-corrected chi connectivity index (χ0v) is 9.83. The molecular weight excluding hydrogens is 186 g/mol. The van der Waals surface area contributed by atoms with E-state index in [4.69, 9.17) is 0 Å². The summed E-state index contributed by atoms with van der Waals surface area (Å²) in [7, 11) is 2.03. The molecule has 1 heterocycles. The average Bonchev–Trinajstić information content (AvgIpc) is 2.44. The molecule has 1 saturated heterocycles. The summed E-state index contributed by atoms with van der Waals surface area (Å²) in [5.41, 5.74) is 0.189. The molecule has 0 aromatic carbocycles. The van der Waals surface area contributed by atoms with Crippen LogP contribution in [0.5, 0.6) is 0 Å². The summed E-state index contributed by atoms with van der Waals surface area (Å²) in [5.74, 6) is 0.271. The molecule has 1 fully saturated rings. The lowest BCUT2D eigenvalue weighted by Crippen LogP contribution is -2.31. The second-order valence-corrected chi connectivity index (χ2v) is 4.73. The van der Waals surface area contributed by atoms with Gasteiger partial charge in [-0.25, -0.2) is 0 Å². The van der Waals surface area contributed by atoms with E-state index in [0.717, 1.165) is 25.8 Å². The van der Waals surface area contributed by atoms with E-state index in [-0.39, 0.29) is 17.2 Å². The van der Waals surface area contributed by atoms with Crippen molar-refractivity contribution in [1.29, 1.82) is 0 Å². The number of Topliss-reactive ketones (excluding diaryl/α,β-unsaturated/α-hetero) is 1. The van der Waals surface area contributed by atoms with Gasteiger partial charge in [-0.2, -0.15) is 0 Å². The van der Waals surface area contributed by atoms with Gasteiger partial charge in [0.15, 0.2) is 0 Å². The van der Waals surface area contributed by atoms with Gasteiger partial charge >= 0.3 is 0 Å².